The predicted octanol–water partition coefficient (Wildman–Crippen LogP) is 3.82. The van der Waals surface area contributed by atoms with Crippen LogP contribution in [-0.4, -0.2) is 6.17 Å². The fourth-order valence-corrected chi connectivity index (χ4v) is 2.08. The molecule has 0 nitrogen and oxygen atoms in total. The van der Waals surface area contributed by atoms with Gasteiger partial charge < -0.3 is 0 Å². The van der Waals surface area contributed by atoms with Crippen molar-refractivity contribution in [2.45, 2.75) is 25.4 Å². The first-order chi connectivity index (χ1) is 6.16. The molecule has 0 fully saturated rings. The van der Waals surface area contributed by atoms with Crippen molar-refractivity contribution in [3.63, 3.8) is 0 Å². The topological polar surface area (TPSA) is 0 Å². The van der Waals surface area contributed by atoms with Gasteiger partial charge >= 0.3 is 0 Å². The first-order valence-electron chi connectivity index (χ1n) is 4.27. The Hall–Kier alpha value is -0.270. The molecular formula is C10H9Cl2F. The van der Waals surface area contributed by atoms with Crippen molar-refractivity contribution in [1.29, 1.82) is 0 Å². The van der Waals surface area contributed by atoms with Crippen LogP contribution in [0.15, 0.2) is 12.1 Å². The van der Waals surface area contributed by atoms with E-state index in [0.717, 1.165) is 17.5 Å². The Bertz CT molecular complexity index is 336. The van der Waals surface area contributed by atoms with Gasteiger partial charge in [0.05, 0.1) is 10.0 Å². The molecule has 0 N–H and O–H groups in total. The molecule has 13 heavy (non-hydrogen) atoms. The summed E-state index contributed by atoms with van der Waals surface area (Å²) >= 11 is 11.7. The maximum absolute atomic E-state index is 13.0. The summed E-state index contributed by atoms with van der Waals surface area (Å²) in [5.74, 6) is 0. The summed E-state index contributed by atoms with van der Waals surface area (Å²) in [6.07, 6.45) is 1.13. The van der Waals surface area contributed by atoms with Gasteiger partial charge in [-0.15, -0.1) is 0 Å². The Kier molecular flexibility index (Phi) is 2.48. The number of rotatable bonds is 0. The minimum atomic E-state index is -0.718. The number of benzene rings is 1. The third kappa shape index (κ3) is 1.82. The maximum atomic E-state index is 13.0. The molecule has 1 aliphatic rings. The molecule has 1 aromatic rings. The van der Waals surface area contributed by atoms with Crippen LogP contribution in [0.25, 0.3) is 0 Å². The zero-order valence-corrected chi connectivity index (χ0v) is 8.50. The molecule has 1 unspecified atom stereocenters. The van der Waals surface area contributed by atoms with Crippen LogP contribution < -0.4 is 0 Å². The largest absolute Gasteiger partial charge is 0.247 e. The number of hydrogen-bond acceptors (Lipinski definition) is 0. The Balaban J connectivity index is 2.43. The van der Waals surface area contributed by atoms with E-state index >= 15 is 0 Å². The van der Waals surface area contributed by atoms with E-state index in [0.29, 0.717) is 22.9 Å². The molecule has 2 rings (SSSR count). The number of halogens is 3. The summed E-state index contributed by atoms with van der Waals surface area (Å²) in [6, 6.07) is 3.63. The van der Waals surface area contributed by atoms with Gasteiger partial charge in [-0.05, 0) is 36.1 Å². The zero-order chi connectivity index (χ0) is 9.42. The summed E-state index contributed by atoms with van der Waals surface area (Å²) in [6.45, 7) is 0. The highest BCUT2D eigenvalue weighted by molar-refractivity contribution is 6.42. The molecule has 0 heterocycles. The maximum Gasteiger partial charge on any atom is 0.104 e. The SMILES string of the molecule is FC1CCc2cc(Cl)c(Cl)cc2C1. The average molecular weight is 219 g/mol. The van der Waals surface area contributed by atoms with Gasteiger partial charge in [-0.1, -0.05) is 23.2 Å². The average Bonchev–Trinajstić information content (AvgIpc) is 2.08. The van der Waals surface area contributed by atoms with E-state index in [9.17, 15) is 4.39 Å². The quantitative estimate of drug-likeness (QED) is 0.622. The third-order valence-electron chi connectivity index (χ3n) is 2.41. The van der Waals surface area contributed by atoms with E-state index in [1.807, 2.05) is 6.07 Å². The van der Waals surface area contributed by atoms with Crippen molar-refractivity contribution >= 4 is 23.2 Å². The standard InChI is InChI=1S/C10H9Cl2F/c11-9-4-6-1-2-8(13)3-7(6)5-10(9)12/h4-5,8H,1-3H2. The van der Waals surface area contributed by atoms with Crippen LogP contribution >= 0.6 is 23.2 Å². The summed E-state index contributed by atoms with van der Waals surface area (Å²) in [4.78, 5) is 0. The molecule has 0 saturated heterocycles. The highest BCUT2D eigenvalue weighted by Crippen LogP contribution is 2.31. The molecule has 0 bridgehead atoms. The molecule has 0 saturated carbocycles. The van der Waals surface area contributed by atoms with Crippen molar-refractivity contribution in [2.75, 3.05) is 0 Å². The van der Waals surface area contributed by atoms with Crippen molar-refractivity contribution in [3.05, 3.63) is 33.3 Å². The fraction of sp³-hybridized carbons (Fsp3) is 0.400. The lowest BCUT2D eigenvalue weighted by atomic mass is 9.91. The number of fused-ring (bicyclic) bond motifs is 1. The van der Waals surface area contributed by atoms with Gasteiger partial charge in [-0.25, -0.2) is 4.39 Å². The second-order valence-corrected chi connectivity index (χ2v) is 4.19. The van der Waals surface area contributed by atoms with Crippen LogP contribution in [-0.2, 0) is 12.8 Å². The number of hydrogen-bond donors (Lipinski definition) is 0. The van der Waals surface area contributed by atoms with Gasteiger partial charge in [0.15, 0.2) is 0 Å². The lowest BCUT2D eigenvalue weighted by molar-refractivity contribution is 0.301. The first kappa shape index (κ1) is 9.29. The summed E-state index contributed by atoms with van der Waals surface area (Å²) in [5.41, 5.74) is 2.15. The van der Waals surface area contributed by atoms with Gasteiger partial charge in [-0.3, -0.25) is 0 Å². The van der Waals surface area contributed by atoms with Crippen LogP contribution in [0, 0.1) is 0 Å². The Morgan fingerprint density at radius 1 is 1.15 bits per heavy atom. The molecule has 0 aromatic heterocycles. The Morgan fingerprint density at radius 2 is 1.77 bits per heavy atom. The normalized spacial score (nSPS) is 21.3. The third-order valence-corrected chi connectivity index (χ3v) is 3.13. The molecule has 0 aliphatic heterocycles. The molecule has 3 heteroatoms. The highest BCUT2D eigenvalue weighted by Gasteiger charge is 2.18. The highest BCUT2D eigenvalue weighted by atomic mass is 35.5. The van der Waals surface area contributed by atoms with E-state index < -0.39 is 6.17 Å². The van der Waals surface area contributed by atoms with Crippen molar-refractivity contribution in [3.8, 4) is 0 Å². The van der Waals surface area contributed by atoms with E-state index in [1.165, 1.54) is 0 Å². The van der Waals surface area contributed by atoms with E-state index in [-0.39, 0.29) is 0 Å². The van der Waals surface area contributed by atoms with Crippen LogP contribution in [0.4, 0.5) is 4.39 Å². The van der Waals surface area contributed by atoms with Crippen molar-refractivity contribution in [2.24, 2.45) is 0 Å². The minimum absolute atomic E-state index is 0.478. The van der Waals surface area contributed by atoms with Crippen LogP contribution in [0.2, 0.25) is 10.0 Å². The molecule has 70 valence electrons. The summed E-state index contributed by atoms with van der Waals surface area (Å²) in [5, 5.41) is 1.09. The predicted molar refractivity (Wildman–Crippen MR) is 53.4 cm³/mol. The van der Waals surface area contributed by atoms with Crippen molar-refractivity contribution in [1.82, 2.24) is 0 Å². The second-order valence-electron chi connectivity index (χ2n) is 3.38. The van der Waals surface area contributed by atoms with Gasteiger partial charge in [0.2, 0.25) is 0 Å². The lowest BCUT2D eigenvalue weighted by Gasteiger charge is -2.19. The van der Waals surface area contributed by atoms with Gasteiger partial charge in [0.1, 0.15) is 6.17 Å². The first-order valence-corrected chi connectivity index (χ1v) is 5.03. The molecule has 1 aromatic carbocycles. The molecule has 1 aliphatic carbocycles. The van der Waals surface area contributed by atoms with E-state index in [1.54, 1.807) is 6.07 Å². The van der Waals surface area contributed by atoms with Gasteiger partial charge in [-0.2, -0.15) is 0 Å². The Labute approximate surface area is 86.7 Å². The molecule has 1 atom stereocenters. The van der Waals surface area contributed by atoms with Crippen LogP contribution in [0.1, 0.15) is 17.5 Å². The van der Waals surface area contributed by atoms with E-state index in [4.69, 9.17) is 23.2 Å². The fourth-order valence-electron chi connectivity index (χ4n) is 1.70. The van der Waals surface area contributed by atoms with Crippen molar-refractivity contribution < 1.29 is 4.39 Å². The zero-order valence-electron chi connectivity index (χ0n) is 6.99. The lowest BCUT2D eigenvalue weighted by Crippen LogP contribution is -2.14. The van der Waals surface area contributed by atoms with Gasteiger partial charge in [0.25, 0.3) is 0 Å². The molecule has 0 radical (unpaired) electrons. The Morgan fingerprint density at radius 3 is 2.46 bits per heavy atom. The monoisotopic (exact) mass is 218 g/mol. The van der Waals surface area contributed by atoms with Gasteiger partial charge in [0, 0.05) is 6.42 Å². The van der Waals surface area contributed by atoms with E-state index in [2.05, 4.69) is 0 Å². The number of aryl methyl sites for hydroxylation is 1. The van der Waals surface area contributed by atoms with Crippen LogP contribution in [0.3, 0.4) is 0 Å². The smallest absolute Gasteiger partial charge is 0.104 e. The summed E-state index contributed by atoms with van der Waals surface area (Å²) in [7, 11) is 0. The van der Waals surface area contributed by atoms with Crippen LogP contribution in [0.5, 0.6) is 0 Å². The molecule has 0 spiro atoms. The molecule has 0 amide bonds. The number of alkyl halides is 1. The minimum Gasteiger partial charge on any atom is -0.247 e. The summed E-state index contributed by atoms with van der Waals surface area (Å²) < 4.78 is 13.0. The molecular weight excluding hydrogens is 210 g/mol. The second kappa shape index (κ2) is 3.47.